The van der Waals surface area contributed by atoms with Crippen molar-refractivity contribution in [2.75, 3.05) is 5.75 Å². The van der Waals surface area contributed by atoms with E-state index in [1.807, 2.05) is 18.2 Å². The van der Waals surface area contributed by atoms with Gasteiger partial charge in [0.05, 0.1) is 6.04 Å². The van der Waals surface area contributed by atoms with Crippen LogP contribution in [0.2, 0.25) is 0 Å². The van der Waals surface area contributed by atoms with Crippen LogP contribution in [0.25, 0.3) is 0 Å². The second-order valence-corrected chi connectivity index (χ2v) is 5.17. The highest BCUT2D eigenvalue weighted by molar-refractivity contribution is 7.99. The van der Waals surface area contributed by atoms with Gasteiger partial charge >= 0.3 is 0 Å². The van der Waals surface area contributed by atoms with E-state index in [2.05, 4.69) is 16.0 Å². The molecule has 1 aliphatic heterocycles. The molecule has 5 heteroatoms. The smallest absolute Gasteiger partial charge is 0.133 e. The number of rotatable bonds is 2. The van der Waals surface area contributed by atoms with Crippen molar-refractivity contribution >= 4 is 11.8 Å². The Morgan fingerprint density at radius 2 is 2.06 bits per heavy atom. The summed E-state index contributed by atoms with van der Waals surface area (Å²) in [6.45, 7) is 0. The van der Waals surface area contributed by atoms with Crippen LogP contribution in [0.4, 0.5) is 0 Å². The molecule has 2 atom stereocenters. The third-order valence-electron chi connectivity index (χ3n) is 2.90. The Morgan fingerprint density at radius 3 is 2.89 bits per heavy atom. The van der Waals surface area contributed by atoms with Gasteiger partial charge in [0.15, 0.2) is 0 Å². The topological polar surface area (TPSA) is 61.0 Å². The third kappa shape index (κ3) is 2.19. The summed E-state index contributed by atoms with van der Waals surface area (Å²) in [5.41, 5.74) is 7.11. The molecule has 1 aliphatic rings. The largest absolute Gasteiger partial charge is 0.486 e. The second kappa shape index (κ2) is 4.96. The molecule has 2 aromatic rings. The van der Waals surface area contributed by atoms with Crippen molar-refractivity contribution < 1.29 is 4.74 Å². The monoisotopic (exact) mass is 259 g/mol. The van der Waals surface area contributed by atoms with E-state index < -0.39 is 0 Å². The van der Waals surface area contributed by atoms with Crippen molar-refractivity contribution in [3.05, 3.63) is 48.5 Å². The molecule has 1 aromatic carbocycles. The van der Waals surface area contributed by atoms with Crippen molar-refractivity contribution in [3.8, 4) is 5.75 Å². The predicted octanol–water partition coefficient (Wildman–Crippen LogP) is 2.03. The van der Waals surface area contributed by atoms with Crippen molar-refractivity contribution in [1.29, 1.82) is 0 Å². The Morgan fingerprint density at radius 1 is 1.28 bits per heavy atom. The number of thioether (sulfide) groups is 1. The molecule has 4 nitrogen and oxygen atoms in total. The van der Waals surface area contributed by atoms with Crippen LogP contribution in [-0.4, -0.2) is 21.8 Å². The summed E-state index contributed by atoms with van der Waals surface area (Å²) < 4.78 is 5.95. The molecule has 0 radical (unpaired) electrons. The lowest BCUT2D eigenvalue weighted by atomic mass is 10.1. The Hall–Kier alpha value is -1.59. The maximum atomic E-state index is 6.21. The molecular formula is C13H13N3OS. The number of aromatic nitrogens is 2. The van der Waals surface area contributed by atoms with Gasteiger partial charge in [0.2, 0.25) is 0 Å². The summed E-state index contributed by atoms with van der Waals surface area (Å²) in [4.78, 5) is 9.15. The first kappa shape index (κ1) is 11.5. The summed E-state index contributed by atoms with van der Waals surface area (Å²) in [5.74, 6) is 1.75. The van der Waals surface area contributed by atoms with Crippen LogP contribution in [0.15, 0.2) is 47.9 Å². The van der Waals surface area contributed by atoms with Gasteiger partial charge in [0.1, 0.15) is 18.2 Å². The van der Waals surface area contributed by atoms with Crippen LogP contribution < -0.4 is 10.5 Å². The summed E-state index contributed by atoms with van der Waals surface area (Å²) >= 11 is 1.77. The Bertz CT molecular complexity index is 535. The minimum absolute atomic E-state index is 0.0455. The summed E-state index contributed by atoms with van der Waals surface area (Å²) in [6, 6.07) is 7.82. The molecule has 92 valence electrons. The number of hydrogen-bond donors (Lipinski definition) is 1. The number of benzene rings is 1. The molecule has 0 aliphatic carbocycles. The third-order valence-corrected chi connectivity index (χ3v) is 4.04. The number of para-hydroxylation sites is 1. The number of nitrogens with zero attached hydrogens (tertiary/aromatic N) is 2. The molecule has 0 spiro atoms. The van der Waals surface area contributed by atoms with Gasteiger partial charge in [-0.15, -0.1) is 11.8 Å². The number of hydrogen-bond acceptors (Lipinski definition) is 5. The van der Waals surface area contributed by atoms with Crippen molar-refractivity contribution in [2.45, 2.75) is 17.0 Å². The fraction of sp³-hybridized carbons (Fsp3) is 0.231. The fourth-order valence-electron chi connectivity index (χ4n) is 1.91. The highest BCUT2D eigenvalue weighted by atomic mass is 32.2. The van der Waals surface area contributed by atoms with Crippen LogP contribution in [0.1, 0.15) is 11.6 Å². The quantitative estimate of drug-likeness (QED) is 0.894. The SMILES string of the molecule is NC(c1cncnc1)C1CSc2ccccc2O1. The molecule has 18 heavy (non-hydrogen) atoms. The minimum Gasteiger partial charge on any atom is -0.486 e. The van der Waals surface area contributed by atoms with Crippen LogP contribution >= 0.6 is 11.8 Å². The molecule has 0 amide bonds. The molecule has 2 N–H and O–H groups in total. The average molecular weight is 259 g/mol. The van der Waals surface area contributed by atoms with E-state index in [1.54, 1.807) is 24.2 Å². The maximum Gasteiger partial charge on any atom is 0.133 e. The van der Waals surface area contributed by atoms with Gasteiger partial charge in [-0.2, -0.15) is 0 Å². The Kier molecular flexibility index (Phi) is 3.17. The van der Waals surface area contributed by atoms with E-state index in [4.69, 9.17) is 10.5 Å². The Balaban J connectivity index is 1.80. The molecular weight excluding hydrogens is 246 g/mol. The lowest BCUT2D eigenvalue weighted by Gasteiger charge is -2.29. The predicted molar refractivity (Wildman–Crippen MR) is 70.5 cm³/mol. The van der Waals surface area contributed by atoms with Crippen LogP contribution in [-0.2, 0) is 0 Å². The Labute approximate surface area is 110 Å². The zero-order valence-corrected chi connectivity index (χ0v) is 10.5. The molecule has 2 unspecified atom stereocenters. The molecule has 0 fully saturated rings. The van der Waals surface area contributed by atoms with Crippen molar-refractivity contribution in [1.82, 2.24) is 9.97 Å². The maximum absolute atomic E-state index is 6.21. The number of ether oxygens (including phenoxy) is 1. The van der Waals surface area contributed by atoms with Gasteiger partial charge in [-0.3, -0.25) is 0 Å². The molecule has 0 saturated carbocycles. The zero-order valence-electron chi connectivity index (χ0n) is 9.69. The highest BCUT2D eigenvalue weighted by Crippen LogP contribution is 2.37. The van der Waals surface area contributed by atoms with Crippen LogP contribution in [0.3, 0.4) is 0 Å². The van der Waals surface area contributed by atoms with E-state index >= 15 is 0 Å². The highest BCUT2D eigenvalue weighted by Gasteiger charge is 2.26. The van der Waals surface area contributed by atoms with E-state index in [1.165, 1.54) is 11.2 Å². The summed E-state index contributed by atoms with van der Waals surface area (Å²) in [6.07, 6.45) is 4.94. The first-order valence-electron chi connectivity index (χ1n) is 5.73. The van der Waals surface area contributed by atoms with Gasteiger partial charge in [-0.05, 0) is 12.1 Å². The van der Waals surface area contributed by atoms with Crippen LogP contribution in [0.5, 0.6) is 5.75 Å². The van der Waals surface area contributed by atoms with E-state index in [9.17, 15) is 0 Å². The van der Waals surface area contributed by atoms with Gasteiger partial charge in [-0.1, -0.05) is 12.1 Å². The summed E-state index contributed by atoms with van der Waals surface area (Å²) in [7, 11) is 0. The molecule has 3 rings (SSSR count). The molecule has 1 aromatic heterocycles. The molecule has 2 heterocycles. The first-order valence-corrected chi connectivity index (χ1v) is 6.72. The van der Waals surface area contributed by atoms with Crippen molar-refractivity contribution in [3.63, 3.8) is 0 Å². The van der Waals surface area contributed by atoms with E-state index in [0.29, 0.717) is 0 Å². The summed E-state index contributed by atoms with van der Waals surface area (Å²) in [5, 5.41) is 0. The van der Waals surface area contributed by atoms with Gasteiger partial charge in [-0.25, -0.2) is 9.97 Å². The standard InChI is InChI=1S/C13H13N3OS/c14-13(9-5-15-8-16-6-9)11-7-18-12-4-2-1-3-10(12)17-11/h1-6,8,11,13H,7,14H2. The number of nitrogens with two attached hydrogens (primary N) is 1. The minimum atomic E-state index is -0.202. The second-order valence-electron chi connectivity index (χ2n) is 4.11. The average Bonchev–Trinajstić information content (AvgIpc) is 2.47. The van der Waals surface area contributed by atoms with E-state index in [-0.39, 0.29) is 12.1 Å². The lowest BCUT2D eigenvalue weighted by molar-refractivity contribution is 0.185. The zero-order chi connectivity index (χ0) is 12.4. The van der Waals surface area contributed by atoms with Gasteiger partial charge < -0.3 is 10.5 Å². The normalized spacial score (nSPS) is 19.7. The van der Waals surface area contributed by atoms with Crippen molar-refractivity contribution in [2.24, 2.45) is 5.73 Å². The number of fused-ring (bicyclic) bond motifs is 1. The fourth-order valence-corrected chi connectivity index (χ4v) is 2.96. The molecule has 0 bridgehead atoms. The van der Waals surface area contributed by atoms with Gasteiger partial charge in [0, 0.05) is 28.6 Å². The first-order chi connectivity index (χ1) is 8.84. The lowest BCUT2D eigenvalue weighted by Crippen LogP contribution is -2.35. The van der Waals surface area contributed by atoms with Crippen LogP contribution in [0, 0.1) is 0 Å². The van der Waals surface area contributed by atoms with E-state index in [0.717, 1.165) is 17.1 Å². The molecule has 0 saturated heterocycles. The van der Waals surface area contributed by atoms with Gasteiger partial charge in [0.25, 0.3) is 0 Å².